The summed E-state index contributed by atoms with van der Waals surface area (Å²) in [6, 6.07) is 17.2. The molecular weight excluding hydrogens is 396 g/mol. The summed E-state index contributed by atoms with van der Waals surface area (Å²) in [5, 5.41) is 2.75. The van der Waals surface area contributed by atoms with Crippen molar-refractivity contribution in [2.75, 3.05) is 20.2 Å². The number of rotatable bonds is 9. The van der Waals surface area contributed by atoms with Crippen LogP contribution in [0.4, 0.5) is 0 Å². The zero-order valence-electron chi connectivity index (χ0n) is 17.9. The summed E-state index contributed by atoms with van der Waals surface area (Å²) in [5.74, 6) is -0.756. The molecule has 164 valence electrons. The van der Waals surface area contributed by atoms with Gasteiger partial charge in [0, 0.05) is 26.1 Å². The van der Waals surface area contributed by atoms with Gasteiger partial charge in [0.2, 0.25) is 5.91 Å². The van der Waals surface area contributed by atoms with Gasteiger partial charge in [-0.2, -0.15) is 0 Å². The van der Waals surface area contributed by atoms with Crippen molar-refractivity contribution >= 4 is 17.8 Å². The third-order valence-corrected chi connectivity index (χ3v) is 5.35. The molecule has 2 atom stereocenters. The minimum Gasteiger partial charge on any atom is -0.497 e. The monoisotopic (exact) mass is 424 g/mol. The maximum atomic E-state index is 12.5. The Kier molecular flexibility index (Phi) is 7.65. The van der Waals surface area contributed by atoms with Crippen LogP contribution in [0.25, 0.3) is 0 Å². The first-order valence-corrected chi connectivity index (χ1v) is 10.4. The van der Waals surface area contributed by atoms with Crippen LogP contribution in [0.1, 0.15) is 24.5 Å². The number of methoxy groups -OCH3 is 1. The summed E-state index contributed by atoms with van der Waals surface area (Å²) < 4.78 is 10.4. The zero-order valence-corrected chi connectivity index (χ0v) is 17.9. The van der Waals surface area contributed by atoms with Gasteiger partial charge in [-0.15, -0.1) is 0 Å². The number of ether oxygens (including phenoxy) is 2. The molecule has 0 unspecified atom stereocenters. The fourth-order valence-electron chi connectivity index (χ4n) is 3.46. The van der Waals surface area contributed by atoms with E-state index in [0.717, 1.165) is 23.3 Å². The fourth-order valence-corrected chi connectivity index (χ4v) is 3.46. The van der Waals surface area contributed by atoms with E-state index in [1.54, 1.807) is 12.0 Å². The summed E-state index contributed by atoms with van der Waals surface area (Å²) in [6.45, 7) is 2.74. The first-order chi connectivity index (χ1) is 15.0. The predicted octanol–water partition coefficient (Wildman–Crippen LogP) is 2.33. The first kappa shape index (κ1) is 22.3. The summed E-state index contributed by atoms with van der Waals surface area (Å²) in [6.07, 6.45) is -0.0778. The van der Waals surface area contributed by atoms with Gasteiger partial charge in [-0.1, -0.05) is 42.5 Å². The standard InChI is InChI=1S/C24H28N2O5/c1-17(23(28)25-15-19-8-10-21(30-2)11-9-19)31-24(29)20-14-22(27)26(16-20)13-12-18-6-4-3-5-7-18/h3-11,17,20H,12-16H2,1-2H3,(H,25,28)/t17-,20-/m0/s1. The average molecular weight is 424 g/mol. The van der Waals surface area contributed by atoms with E-state index in [2.05, 4.69) is 5.32 Å². The van der Waals surface area contributed by atoms with Crippen LogP contribution in [0.3, 0.4) is 0 Å². The molecule has 0 aliphatic carbocycles. The van der Waals surface area contributed by atoms with Crippen LogP contribution < -0.4 is 10.1 Å². The van der Waals surface area contributed by atoms with Crippen LogP contribution in [0, 0.1) is 5.92 Å². The van der Waals surface area contributed by atoms with E-state index >= 15 is 0 Å². The lowest BCUT2D eigenvalue weighted by molar-refractivity contribution is -0.158. The number of carbonyl (C=O) groups excluding carboxylic acids is 3. The third-order valence-electron chi connectivity index (χ3n) is 5.35. The van der Waals surface area contributed by atoms with Crippen LogP contribution in [-0.2, 0) is 32.1 Å². The number of carbonyl (C=O) groups is 3. The van der Waals surface area contributed by atoms with Gasteiger partial charge >= 0.3 is 5.97 Å². The molecule has 0 bridgehead atoms. The minimum atomic E-state index is -0.931. The SMILES string of the molecule is COc1ccc(CNC(=O)[C@H](C)OC(=O)[C@H]2CC(=O)N(CCc3ccccc3)C2)cc1. The van der Waals surface area contributed by atoms with Crippen molar-refractivity contribution < 1.29 is 23.9 Å². The highest BCUT2D eigenvalue weighted by molar-refractivity contribution is 5.88. The van der Waals surface area contributed by atoms with Crippen molar-refractivity contribution in [3.05, 3.63) is 65.7 Å². The molecule has 2 aromatic rings. The Hall–Kier alpha value is -3.35. The van der Waals surface area contributed by atoms with Crippen molar-refractivity contribution in [3.8, 4) is 5.75 Å². The molecule has 1 fully saturated rings. The number of esters is 1. The first-order valence-electron chi connectivity index (χ1n) is 10.4. The topological polar surface area (TPSA) is 84.9 Å². The van der Waals surface area contributed by atoms with E-state index in [9.17, 15) is 14.4 Å². The number of hydrogen-bond donors (Lipinski definition) is 1. The molecule has 2 aromatic carbocycles. The Morgan fingerprint density at radius 3 is 2.48 bits per heavy atom. The van der Waals surface area contributed by atoms with E-state index < -0.39 is 18.0 Å². The normalized spacial score (nSPS) is 16.6. The smallest absolute Gasteiger partial charge is 0.312 e. The maximum absolute atomic E-state index is 12.5. The summed E-state index contributed by atoms with van der Waals surface area (Å²) in [7, 11) is 1.59. The second kappa shape index (κ2) is 10.6. The number of hydrogen-bond acceptors (Lipinski definition) is 5. The van der Waals surface area contributed by atoms with E-state index in [0.29, 0.717) is 19.6 Å². The molecule has 2 amide bonds. The largest absolute Gasteiger partial charge is 0.497 e. The van der Waals surface area contributed by atoms with Crippen LogP contribution >= 0.6 is 0 Å². The molecule has 1 heterocycles. The predicted molar refractivity (Wildman–Crippen MR) is 115 cm³/mol. The highest BCUT2D eigenvalue weighted by atomic mass is 16.5. The highest BCUT2D eigenvalue weighted by Gasteiger charge is 2.36. The Labute approximate surface area is 182 Å². The van der Waals surface area contributed by atoms with Crippen molar-refractivity contribution in [1.82, 2.24) is 10.2 Å². The van der Waals surface area contributed by atoms with Crippen LogP contribution in [0.15, 0.2) is 54.6 Å². The van der Waals surface area contributed by atoms with E-state index in [1.165, 1.54) is 6.92 Å². The molecule has 7 nitrogen and oxygen atoms in total. The van der Waals surface area contributed by atoms with Gasteiger partial charge in [0.1, 0.15) is 5.75 Å². The van der Waals surface area contributed by atoms with Crippen LogP contribution in [-0.4, -0.2) is 49.0 Å². The molecule has 3 rings (SSSR count). The molecule has 31 heavy (non-hydrogen) atoms. The van der Waals surface area contributed by atoms with Gasteiger partial charge in [-0.3, -0.25) is 14.4 Å². The molecule has 0 spiro atoms. The molecular formula is C24H28N2O5. The van der Waals surface area contributed by atoms with Crippen LogP contribution in [0.5, 0.6) is 5.75 Å². The lowest BCUT2D eigenvalue weighted by Crippen LogP contribution is -2.37. The average Bonchev–Trinajstić information content (AvgIpc) is 3.17. The molecule has 0 saturated carbocycles. The molecule has 0 aromatic heterocycles. The van der Waals surface area contributed by atoms with Crippen molar-refractivity contribution in [3.63, 3.8) is 0 Å². The van der Waals surface area contributed by atoms with E-state index in [-0.39, 0.29) is 18.2 Å². The second-order valence-electron chi connectivity index (χ2n) is 7.62. The lowest BCUT2D eigenvalue weighted by atomic mass is 10.1. The number of likely N-dealkylation sites (tertiary alicyclic amines) is 1. The van der Waals surface area contributed by atoms with Gasteiger partial charge in [0.25, 0.3) is 5.91 Å². The van der Waals surface area contributed by atoms with Gasteiger partial charge in [0.15, 0.2) is 6.10 Å². The summed E-state index contributed by atoms with van der Waals surface area (Å²) >= 11 is 0. The highest BCUT2D eigenvalue weighted by Crippen LogP contribution is 2.20. The minimum absolute atomic E-state index is 0.0607. The van der Waals surface area contributed by atoms with Crippen molar-refractivity contribution in [2.45, 2.75) is 32.4 Å². The Morgan fingerprint density at radius 2 is 1.81 bits per heavy atom. The summed E-state index contributed by atoms with van der Waals surface area (Å²) in [5.41, 5.74) is 2.05. The fraction of sp³-hybridized carbons (Fsp3) is 0.375. The quantitative estimate of drug-likeness (QED) is 0.625. The van der Waals surface area contributed by atoms with Gasteiger partial charge in [-0.25, -0.2) is 0 Å². The molecule has 7 heteroatoms. The Bertz CT molecular complexity index is 898. The number of benzene rings is 2. The van der Waals surface area contributed by atoms with Crippen molar-refractivity contribution in [1.29, 1.82) is 0 Å². The van der Waals surface area contributed by atoms with Crippen LogP contribution in [0.2, 0.25) is 0 Å². The lowest BCUT2D eigenvalue weighted by Gasteiger charge is -2.18. The summed E-state index contributed by atoms with van der Waals surface area (Å²) in [4.78, 5) is 38.7. The molecule has 1 N–H and O–H groups in total. The van der Waals surface area contributed by atoms with Gasteiger partial charge in [0.05, 0.1) is 13.0 Å². The van der Waals surface area contributed by atoms with Gasteiger partial charge in [-0.05, 0) is 36.6 Å². The number of amides is 2. The number of nitrogens with zero attached hydrogens (tertiary/aromatic N) is 1. The third kappa shape index (κ3) is 6.31. The van der Waals surface area contributed by atoms with E-state index in [4.69, 9.17) is 9.47 Å². The van der Waals surface area contributed by atoms with E-state index in [1.807, 2.05) is 54.6 Å². The second-order valence-corrected chi connectivity index (χ2v) is 7.62. The van der Waals surface area contributed by atoms with Gasteiger partial charge < -0.3 is 19.7 Å². The number of nitrogens with one attached hydrogen (secondary N) is 1. The Balaban J connectivity index is 1.43. The molecule has 0 radical (unpaired) electrons. The maximum Gasteiger partial charge on any atom is 0.312 e. The molecule has 1 aliphatic rings. The molecule has 1 aliphatic heterocycles. The molecule has 1 saturated heterocycles. The Morgan fingerprint density at radius 1 is 1.10 bits per heavy atom. The van der Waals surface area contributed by atoms with Crippen molar-refractivity contribution in [2.24, 2.45) is 5.92 Å². The zero-order chi connectivity index (χ0) is 22.2.